The van der Waals surface area contributed by atoms with Crippen molar-refractivity contribution in [3.8, 4) is 5.75 Å². The van der Waals surface area contributed by atoms with E-state index in [1.165, 1.54) is 30.4 Å². The van der Waals surface area contributed by atoms with Gasteiger partial charge in [0, 0.05) is 0 Å². The Hall–Kier alpha value is -1.02. The minimum atomic E-state index is -0.0883. The third kappa shape index (κ3) is 1.60. The van der Waals surface area contributed by atoms with Gasteiger partial charge in [0.05, 0.1) is 6.10 Å². The van der Waals surface area contributed by atoms with Crippen molar-refractivity contribution in [3.05, 3.63) is 29.3 Å². The Morgan fingerprint density at radius 3 is 2.85 bits per heavy atom. The molecule has 1 unspecified atom stereocenters. The number of hydrogen-bond acceptors (Lipinski definition) is 2. The van der Waals surface area contributed by atoms with Gasteiger partial charge in [-0.3, -0.25) is 0 Å². The third-order valence-corrected chi connectivity index (χ3v) is 6.66. The lowest BCUT2D eigenvalue weighted by molar-refractivity contribution is -0.0226. The van der Waals surface area contributed by atoms with Gasteiger partial charge in [0.15, 0.2) is 0 Å². The van der Waals surface area contributed by atoms with E-state index in [1.807, 2.05) is 12.1 Å². The number of benzene rings is 1. The summed E-state index contributed by atoms with van der Waals surface area (Å²) in [7, 11) is 0. The first-order valence-electron chi connectivity index (χ1n) is 8.09. The number of phenolic OH excluding ortho intramolecular Hbond substituents is 1. The number of fused-ring (bicyclic) bond motifs is 5. The number of aliphatic hydroxyl groups is 1. The maximum atomic E-state index is 10.4. The molecule has 0 radical (unpaired) electrons. The lowest BCUT2D eigenvalue weighted by atomic mass is 9.55. The molecule has 4 rings (SSSR count). The molecule has 108 valence electrons. The van der Waals surface area contributed by atoms with Crippen molar-refractivity contribution in [3.63, 3.8) is 0 Å². The van der Waals surface area contributed by atoms with E-state index in [0.29, 0.717) is 17.6 Å². The number of aryl methyl sites for hydroxylation is 1. The number of aromatic hydroxyl groups is 1. The molecule has 3 aliphatic rings. The van der Waals surface area contributed by atoms with Crippen LogP contribution in [0.1, 0.15) is 56.1 Å². The summed E-state index contributed by atoms with van der Waals surface area (Å²) in [6.45, 7) is 2.32. The van der Waals surface area contributed by atoms with Crippen LogP contribution in [0.25, 0.3) is 0 Å². The van der Waals surface area contributed by atoms with Crippen LogP contribution in [0.15, 0.2) is 18.2 Å². The Kier molecular flexibility index (Phi) is 2.69. The third-order valence-electron chi connectivity index (χ3n) is 6.66. The zero-order valence-electron chi connectivity index (χ0n) is 12.2. The summed E-state index contributed by atoms with van der Waals surface area (Å²) in [4.78, 5) is 0. The van der Waals surface area contributed by atoms with Crippen molar-refractivity contribution >= 4 is 0 Å². The number of rotatable bonds is 0. The Labute approximate surface area is 120 Å². The van der Waals surface area contributed by atoms with Gasteiger partial charge in [-0.15, -0.1) is 0 Å². The predicted molar refractivity (Wildman–Crippen MR) is 78.7 cm³/mol. The molecule has 0 saturated heterocycles. The van der Waals surface area contributed by atoms with Crippen molar-refractivity contribution in [2.24, 2.45) is 17.3 Å². The van der Waals surface area contributed by atoms with E-state index in [1.54, 1.807) is 0 Å². The maximum Gasteiger partial charge on any atom is 0.115 e. The Bertz CT molecular complexity index is 538. The fraction of sp³-hybridized carbons (Fsp3) is 0.667. The summed E-state index contributed by atoms with van der Waals surface area (Å²) in [5, 5.41) is 20.0. The maximum absolute atomic E-state index is 10.4. The van der Waals surface area contributed by atoms with Gasteiger partial charge in [-0.05, 0) is 85.0 Å². The van der Waals surface area contributed by atoms with Crippen LogP contribution >= 0.6 is 0 Å². The van der Waals surface area contributed by atoms with Gasteiger partial charge in [0.25, 0.3) is 0 Å². The molecular formula is C18H24O2. The monoisotopic (exact) mass is 272 g/mol. The fourth-order valence-electron chi connectivity index (χ4n) is 5.54. The summed E-state index contributed by atoms with van der Waals surface area (Å²) >= 11 is 0. The van der Waals surface area contributed by atoms with E-state index in [9.17, 15) is 10.2 Å². The number of phenols is 1. The quantitative estimate of drug-likeness (QED) is 0.757. The molecule has 0 amide bonds. The summed E-state index contributed by atoms with van der Waals surface area (Å²) in [6, 6.07) is 5.96. The largest absolute Gasteiger partial charge is 0.508 e. The Balaban J connectivity index is 1.71. The Morgan fingerprint density at radius 1 is 1.15 bits per heavy atom. The first-order valence-corrected chi connectivity index (χ1v) is 8.09. The number of hydrogen-bond donors (Lipinski definition) is 2. The highest BCUT2D eigenvalue weighted by Gasteiger charge is 2.54. The smallest absolute Gasteiger partial charge is 0.115 e. The van der Waals surface area contributed by atoms with Crippen molar-refractivity contribution in [2.75, 3.05) is 0 Å². The van der Waals surface area contributed by atoms with Gasteiger partial charge >= 0.3 is 0 Å². The first-order chi connectivity index (χ1) is 9.59. The zero-order chi connectivity index (χ0) is 13.9. The van der Waals surface area contributed by atoms with Crippen LogP contribution in [0.3, 0.4) is 0 Å². The van der Waals surface area contributed by atoms with Gasteiger partial charge in [-0.2, -0.15) is 0 Å². The predicted octanol–water partition coefficient (Wildman–Crippen LogP) is 3.61. The molecule has 1 aromatic rings. The van der Waals surface area contributed by atoms with E-state index in [2.05, 4.69) is 13.0 Å². The normalized spacial score (nSPS) is 42.7. The van der Waals surface area contributed by atoms with E-state index in [4.69, 9.17) is 0 Å². The first kappa shape index (κ1) is 12.7. The molecule has 2 heteroatoms. The molecule has 2 N–H and O–H groups in total. The van der Waals surface area contributed by atoms with Crippen molar-refractivity contribution in [1.82, 2.24) is 0 Å². The van der Waals surface area contributed by atoms with E-state index < -0.39 is 0 Å². The van der Waals surface area contributed by atoms with Gasteiger partial charge in [-0.1, -0.05) is 13.0 Å². The van der Waals surface area contributed by atoms with Crippen molar-refractivity contribution < 1.29 is 10.2 Å². The SMILES string of the molecule is C[C@]12CC[C@@H]3c4ccc(O)cc4CC[C@H]3C1CC[C@@H]2O. The zero-order valence-corrected chi connectivity index (χ0v) is 12.2. The van der Waals surface area contributed by atoms with Gasteiger partial charge in [-0.25, -0.2) is 0 Å². The molecule has 3 aliphatic carbocycles. The molecule has 0 spiro atoms. The fourth-order valence-corrected chi connectivity index (χ4v) is 5.54. The minimum absolute atomic E-state index is 0.0883. The van der Waals surface area contributed by atoms with E-state index in [0.717, 1.165) is 25.2 Å². The molecular weight excluding hydrogens is 248 g/mol. The average Bonchev–Trinajstić information content (AvgIpc) is 2.74. The van der Waals surface area contributed by atoms with Crippen LogP contribution in [0, 0.1) is 17.3 Å². The number of aliphatic hydroxyl groups excluding tert-OH is 1. The van der Waals surface area contributed by atoms with Gasteiger partial charge < -0.3 is 10.2 Å². The summed E-state index contributed by atoms with van der Waals surface area (Å²) < 4.78 is 0. The highest BCUT2D eigenvalue weighted by molar-refractivity contribution is 5.40. The molecule has 2 saturated carbocycles. The molecule has 20 heavy (non-hydrogen) atoms. The molecule has 2 nitrogen and oxygen atoms in total. The van der Waals surface area contributed by atoms with Crippen molar-refractivity contribution in [1.29, 1.82) is 0 Å². The molecule has 2 fully saturated rings. The second-order valence-corrected chi connectivity index (χ2v) is 7.44. The van der Waals surface area contributed by atoms with Crippen LogP contribution in [0.5, 0.6) is 5.75 Å². The molecule has 1 aromatic carbocycles. The topological polar surface area (TPSA) is 40.5 Å². The minimum Gasteiger partial charge on any atom is -0.508 e. The van der Waals surface area contributed by atoms with Crippen LogP contribution in [-0.2, 0) is 6.42 Å². The molecule has 0 bridgehead atoms. The van der Waals surface area contributed by atoms with Crippen LogP contribution < -0.4 is 0 Å². The molecule has 5 atom stereocenters. The van der Waals surface area contributed by atoms with Crippen LogP contribution in [0.4, 0.5) is 0 Å². The standard InChI is InChI=1S/C18H24O2/c1-18-9-8-14-13-5-3-12(19)10-11(13)2-4-15(14)16(18)6-7-17(18)20/h3,5,10,14-17,19-20H,2,4,6-9H2,1H3/t14-,15-,16?,17+,18+/m1/s1. The van der Waals surface area contributed by atoms with E-state index in [-0.39, 0.29) is 11.5 Å². The molecule has 0 heterocycles. The van der Waals surface area contributed by atoms with Gasteiger partial charge in [0.1, 0.15) is 5.75 Å². The van der Waals surface area contributed by atoms with Crippen molar-refractivity contribution in [2.45, 2.75) is 57.5 Å². The molecule has 0 aliphatic heterocycles. The lowest BCUT2D eigenvalue weighted by Gasteiger charge is -2.50. The van der Waals surface area contributed by atoms with E-state index >= 15 is 0 Å². The molecule has 0 aromatic heterocycles. The summed E-state index contributed by atoms with van der Waals surface area (Å²) in [6.07, 6.45) is 6.78. The highest BCUT2D eigenvalue weighted by atomic mass is 16.3. The highest BCUT2D eigenvalue weighted by Crippen LogP contribution is 2.60. The van der Waals surface area contributed by atoms with Gasteiger partial charge in [0.2, 0.25) is 0 Å². The summed E-state index contributed by atoms with van der Waals surface area (Å²) in [5.74, 6) is 2.49. The summed E-state index contributed by atoms with van der Waals surface area (Å²) in [5.41, 5.74) is 2.99. The Morgan fingerprint density at radius 2 is 2.00 bits per heavy atom. The van der Waals surface area contributed by atoms with Crippen LogP contribution in [0.2, 0.25) is 0 Å². The second kappa shape index (κ2) is 4.24. The lowest BCUT2D eigenvalue weighted by Crippen LogP contribution is -2.43. The van der Waals surface area contributed by atoms with Crippen LogP contribution in [-0.4, -0.2) is 16.3 Å². The second-order valence-electron chi connectivity index (χ2n) is 7.44. The average molecular weight is 272 g/mol.